The maximum Gasteiger partial charge on any atom is 0.223 e. The van der Waals surface area contributed by atoms with Crippen LogP contribution in [-0.4, -0.2) is 16.0 Å². The Morgan fingerprint density at radius 3 is 2.79 bits per heavy atom. The number of hydrogen-bond donors (Lipinski definition) is 1. The van der Waals surface area contributed by atoms with E-state index in [1.807, 2.05) is 0 Å². The van der Waals surface area contributed by atoms with Crippen LogP contribution in [0.5, 0.6) is 0 Å². The van der Waals surface area contributed by atoms with Crippen LogP contribution in [0.15, 0.2) is 6.20 Å². The molecule has 1 N–H and O–H groups in total. The minimum atomic E-state index is 0.433. The molecule has 1 fully saturated rings. The molecule has 1 saturated carbocycles. The van der Waals surface area contributed by atoms with Gasteiger partial charge in [-0.1, -0.05) is 27.2 Å². The average Bonchev–Trinajstić information content (AvgIpc) is 3.22. The maximum absolute atomic E-state index is 4.71. The number of rotatable bonds is 4. The molecule has 0 spiro atoms. The lowest BCUT2D eigenvalue weighted by molar-refractivity contribution is 0.182. The third kappa shape index (κ3) is 2.75. The Morgan fingerprint density at radius 2 is 2.11 bits per heavy atom. The van der Waals surface area contributed by atoms with Gasteiger partial charge < -0.3 is 5.32 Å². The lowest BCUT2D eigenvalue weighted by Crippen LogP contribution is -2.29. The second-order valence-corrected chi connectivity index (χ2v) is 6.87. The van der Waals surface area contributed by atoms with Crippen molar-refractivity contribution in [1.29, 1.82) is 0 Å². The summed E-state index contributed by atoms with van der Waals surface area (Å²) in [4.78, 5) is 9.21. The standard InChI is InChI=1S/C16H25N3/c1-4-16(2,3)12-5-8-14-11(9-12)10-17-15(19-14)18-13-6-7-13/h10,12-13H,4-9H2,1-3H3,(H,17,18,19). The molecule has 1 unspecified atom stereocenters. The molecule has 2 aliphatic carbocycles. The van der Waals surface area contributed by atoms with E-state index in [1.54, 1.807) is 0 Å². The van der Waals surface area contributed by atoms with E-state index in [1.165, 1.54) is 36.9 Å². The molecule has 0 aromatic carbocycles. The summed E-state index contributed by atoms with van der Waals surface area (Å²) in [5.74, 6) is 1.62. The van der Waals surface area contributed by atoms with Gasteiger partial charge in [-0.2, -0.15) is 0 Å². The first-order valence-electron chi connectivity index (χ1n) is 7.70. The molecule has 19 heavy (non-hydrogen) atoms. The first-order chi connectivity index (χ1) is 9.08. The first kappa shape index (κ1) is 12.9. The van der Waals surface area contributed by atoms with E-state index < -0.39 is 0 Å². The molecule has 3 nitrogen and oxygen atoms in total. The minimum Gasteiger partial charge on any atom is -0.351 e. The maximum atomic E-state index is 4.71. The predicted octanol–water partition coefficient (Wildman–Crippen LogP) is 3.59. The molecular weight excluding hydrogens is 234 g/mol. The van der Waals surface area contributed by atoms with E-state index >= 15 is 0 Å². The van der Waals surface area contributed by atoms with Crippen LogP contribution in [0, 0.1) is 11.3 Å². The molecule has 104 valence electrons. The number of fused-ring (bicyclic) bond motifs is 1. The van der Waals surface area contributed by atoms with Crippen LogP contribution in [0.1, 0.15) is 57.7 Å². The Kier molecular flexibility index (Phi) is 3.23. The van der Waals surface area contributed by atoms with Gasteiger partial charge in [0.1, 0.15) is 0 Å². The Bertz CT molecular complexity index is 463. The SMILES string of the molecule is CCC(C)(C)C1CCc2nc(NC3CC3)ncc2C1. The quantitative estimate of drug-likeness (QED) is 0.898. The molecule has 3 heteroatoms. The molecule has 0 amide bonds. The van der Waals surface area contributed by atoms with E-state index in [9.17, 15) is 0 Å². The van der Waals surface area contributed by atoms with Crippen molar-refractivity contribution in [1.82, 2.24) is 9.97 Å². The summed E-state index contributed by atoms with van der Waals surface area (Å²) >= 11 is 0. The van der Waals surface area contributed by atoms with Crippen molar-refractivity contribution in [3.8, 4) is 0 Å². The van der Waals surface area contributed by atoms with Crippen LogP contribution in [0.4, 0.5) is 5.95 Å². The number of aryl methyl sites for hydroxylation is 1. The third-order valence-electron chi connectivity index (χ3n) is 5.08. The molecule has 0 aliphatic heterocycles. The van der Waals surface area contributed by atoms with Gasteiger partial charge in [0.15, 0.2) is 0 Å². The zero-order chi connectivity index (χ0) is 13.5. The van der Waals surface area contributed by atoms with Crippen LogP contribution < -0.4 is 5.32 Å². The lowest BCUT2D eigenvalue weighted by atomic mass is 9.69. The van der Waals surface area contributed by atoms with E-state index in [0.717, 1.165) is 24.7 Å². The Hall–Kier alpha value is -1.12. The summed E-state index contributed by atoms with van der Waals surface area (Å²) in [6.07, 6.45) is 9.39. The van der Waals surface area contributed by atoms with E-state index in [0.29, 0.717) is 11.5 Å². The highest BCUT2D eigenvalue weighted by atomic mass is 15.1. The number of aromatic nitrogens is 2. The molecular formula is C16H25N3. The normalized spacial score (nSPS) is 23.0. The molecule has 0 bridgehead atoms. The van der Waals surface area contributed by atoms with Gasteiger partial charge in [0.25, 0.3) is 0 Å². The van der Waals surface area contributed by atoms with E-state index in [2.05, 4.69) is 37.3 Å². The number of hydrogen-bond acceptors (Lipinski definition) is 3. The van der Waals surface area contributed by atoms with Crippen molar-refractivity contribution in [2.45, 2.75) is 65.3 Å². The predicted molar refractivity (Wildman–Crippen MR) is 78.3 cm³/mol. The monoisotopic (exact) mass is 259 g/mol. The molecule has 0 saturated heterocycles. The van der Waals surface area contributed by atoms with Gasteiger partial charge in [-0.05, 0) is 49.0 Å². The summed E-state index contributed by atoms with van der Waals surface area (Å²) in [6.45, 7) is 7.09. The third-order valence-corrected chi connectivity index (χ3v) is 5.08. The van der Waals surface area contributed by atoms with Crippen molar-refractivity contribution >= 4 is 5.95 Å². The molecule has 1 heterocycles. The first-order valence-corrected chi connectivity index (χ1v) is 7.70. The van der Waals surface area contributed by atoms with Crippen LogP contribution >= 0.6 is 0 Å². The molecule has 3 rings (SSSR count). The highest BCUT2D eigenvalue weighted by Gasteiger charge is 2.32. The van der Waals surface area contributed by atoms with Crippen LogP contribution in [0.3, 0.4) is 0 Å². The van der Waals surface area contributed by atoms with Crippen molar-refractivity contribution in [3.63, 3.8) is 0 Å². The van der Waals surface area contributed by atoms with Crippen molar-refractivity contribution in [2.24, 2.45) is 11.3 Å². The fraction of sp³-hybridized carbons (Fsp3) is 0.750. The van der Waals surface area contributed by atoms with Gasteiger partial charge in [-0.25, -0.2) is 9.97 Å². The van der Waals surface area contributed by atoms with Gasteiger partial charge in [0.2, 0.25) is 5.95 Å². The number of nitrogens with zero attached hydrogens (tertiary/aromatic N) is 2. The highest BCUT2D eigenvalue weighted by Crippen LogP contribution is 2.39. The minimum absolute atomic E-state index is 0.433. The summed E-state index contributed by atoms with van der Waals surface area (Å²) in [5.41, 5.74) is 3.09. The topological polar surface area (TPSA) is 37.8 Å². The average molecular weight is 259 g/mol. The van der Waals surface area contributed by atoms with Crippen molar-refractivity contribution in [2.75, 3.05) is 5.32 Å². The van der Waals surface area contributed by atoms with Crippen molar-refractivity contribution in [3.05, 3.63) is 17.5 Å². The van der Waals surface area contributed by atoms with E-state index in [-0.39, 0.29) is 0 Å². The molecule has 1 aromatic heterocycles. The van der Waals surface area contributed by atoms with Gasteiger partial charge in [0, 0.05) is 17.9 Å². The zero-order valence-electron chi connectivity index (χ0n) is 12.4. The fourth-order valence-electron chi connectivity index (χ4n) is 2.94. The molecule has 2 aliphatic rings. The summed E-state index contributed by atoms with van der Waals surface area (Å²) in [5, 5.41) is 3.40. The molecule has 0 radical (unpaired) electrons. The van der Waals surface area contributed by atoms with Crippen LogP contribution in [-0.2, 0) is 12.8 Å². The number of anilines is 1. The Labute approximate surface area is 116 Å². The summed E-state index contributed by atoms with van der Waals surface area (Å²) in [6, 6.07) is 0.633. The second kappa shape index (κ2) is 4.77. The van der Waals surface area contributed by atoms with Crippen LogP contribution in [0.25, 0.3) is 0 Å². The largest absolute Gasteiger partial charge is 0.351 e. The van der Waals surface area contributed by atoms with Gasteiger partial charge in [0.05, 0.1) is 0 Å². The summed E-state index contributed by atoms with van der Waals surface area (Å²) in [7, 11) is 0. The fourth-order valence-corrected chi connectivity index (χ4v) is 2.94. The summed E-state index contributed by atoms with van der Waals surface area (Å²) < 4.78 is 0. The van der Waals surface area contributed by atoms with Gasteiger partial charge >= 0.3 is 0 Å². The van der Waals surface area contributed by atoms with Gasteiger partial charge in [-0.3, -0.25) is 0 Å². The zero-order valence-corrected chi connectivity index (χ0v) is 12.4. The van der Waals surface area contributed by atoms with E-state index in [4.69, 9.17) is 4.98 Å². The van der Waals surface area contributed by atoms with Crippen molar-refractivity contribution < 1.29 is 0 Å². The highest BCUT2D eigenvalue weighted by molar-refractivity contribution is 5.33. The van der Waals surface area contributed by atoms with Crippen LogP contribution in [0.2, 0.25) is 0 Å². The lowest BCUT2D eigenvalue weighted by Gasteiger charge is -2.36. The number of nitrogens with one attached hydrogen (secondary N) is 1. The van der Waals surface area contributed by atoms with Gasteiger partial charge in [-0.15, -0.1) is 0 Å². The Morgan fingerprint density at radius 1 is 1.32 bits per heavy atom. The smallest absolute Gasteiger partial charge is 0.223 e. The Balaban J connectivity index is 1.74. The second-order valence-electron chi connectivity index (χ2n) is 6.87. The molecule has 1 atom stereocenters. The molecule has 1 aromatic rings.